The van der Waals surface area contributed by atoms with Gasteiger partial charge in [0.25, 0.3) is 11.8 Å². The van der Waals surface area contributed by atoms with Gasteiger partial charge in [-0.25, -0.2) is 5.43 Å². The van der Waals surface area contributed by atoms with Crippen molar-refractivity contribution in [3.05, 3.63) is 76.3 Å². The Balaban J connectivity index is 1.67. The van der Waals surface area contributed by atoms with E-state index in [2.05, 4.69) is 31.8 Å². The number of hydrogen-bond acceptors (Lipinski definition) is 7. The fraction of sp³-hybridized carbons (Fsp3) is 0.222. The second kappa shape index (κ2) is 13.9. The molecule has 0 aliphatic heterocycles. The molecule has 10 heteroatoms. The van der Waals surface area contributed by atoms with Crippen LogP contribution >= 0.6 is 15.9 Å². The Morgan fingerprint density at radius 3 is 2.35 bits per heavy atom. The quantitative estimate of drug-likeness (QED) is 0.234. The van der Waals surface area contributed by atoms with Gasteiger partial charge >= 0.3 is 0 Å². The highest BCUT2D eigenvalue weighted by atomic mass is 79.9. The van der Waals surface area contributed by atoms with Gasteiger partial charge < -0.3 is 24.3 Å². The van der Waals surface area contributed by atoms with E-state index >= 15 is 0 Å². The lowest BCUT2D eigenvalue weighted by Gasteiger charge is -2.14. The van der Waals surface area contributed by atoms with Crippen molar-refractivity contribution in [3.8, 4) is 23.0 Å². The number of amides is 2. The predicted molar refractivity (Wildman–Crippen MR) is 145 cm³/mol. The number of hydrogen-bond donors (Lipinski definition) is 2. The largest absolute Gasteiger partial charge is 0.493 e. The first-order valence-electron chi connectivity index (χ1n) is 11.5. The second-order valence-electron chi connectivity index (χ2n) is 7.46. The molecule has 0 aliphatic carbocycles. The van der Waals surface area contributed by atoms with Crippen LogP contribution in [0.25, 0.3) is 0 Å². The van der Waals surface area contributed by atoms with E-state index in [4.69, 9.17) is 18.9 Å². The maximum atomic E-state index is 12.5. The fourth-order valence-corrected chi connectivity index (χ4v) is 3.81. The summed E-state index contributed by atoms with van der Waals surface area (Å²) in [4.78, 5) is 24.8. The number of rotatable bonds is 12. The molecule has 3 rings (SSSR count). The molecular formula is C27H28BrN3O6. The van der Waals surface area contributed by atoms with E-state index in [1.54, 1.807) is 42.5 Å². The van der Waals surface area contributed by atoms with Crippen molar-refractivity contribution in [3.63, 3.8) is 0 Å². The Labute approximate surface area is 223 Å². The van der Waals surface area contributed by atoms with Crippen molar-refractivity contribution in [1.29, 1.82) is 0 Å². The summed E-state index contributed by atoms with van der Waals surface area (Å²) in [5, 5.41) is 6.82. The van der Waals surface area contributed by atoms with E-state index in [9.17, 15) is 9.59 Å². The summed E-state index contributed by atoms with van der Waals surface area (Å²) >= 11 is 3.47. The average Bonchev–Trinajstić information content (AvgIpc) is 2.89. The lowest BCUT2D eigenvalue weighted by molar-refractivity contribution is -0.118. The van der Waals surface area contributed by atoms with Crippen LogP contribution in [0.2, 0.25) is 0 Å². The number of nitrogens with one attached hydrogen (secondary N) is 2. The molecule has 0 fully saturated rings. The summed E-state index contributed by atoms with van der Waals surface area (Å²) in [6.07, 6.45) is 1.48. The summed E-state index contributed by atoms with van der Waals surface area (Å²) in [5.74, 6) is 1.10. The van der Waals surface area contributed by atoms with E-state index in [-0.39, 0.29) is 12.5 Å². The zero-order valence-corrected chi connectivity index (χ0v) is 22.3. The molecule has 37 heavy (non-hydrogen) atoms. The molecule has 0 aliphatic rings. The highest BCUT2D eigenvalue weighted by Gasteiger charge is 2.15. The lowest BCUT2D eigenvalue weighted by atomic mass is 10.2. The minimum Gasteiger partial charge on any atom is -0.493 e. The van der Waals surface area contributed by atoms with Crippen LogP contribution in [-0.2, 0) is 4.79 Å². The maximum absolute atomic E-state index is 12.5. The first-order valence-corrected chi connectivity index (χ1v) is 12.3. The van der Waals surface area contributed by atoms with E-state index in [0.29, 0.717) is 57.5 Å². The summed E-state index contributed by atoms with van der Waals surface area (Å²) in [7, 11) is 1.53. The minimum atomic E-state index is -0.409. The van der Waals surface area contributed by atoms with Gasteiger partial charge in [0.2, 0.25) is 0 Å². The summed E-state index contributed by atoms with van der Waals surface area (Å²) < 4.78 is 22.8. The molecule has 0 unspecified atom stereocenters. The Kier molecular flexibility index (Phi) is 10.3. The van der Waals surface area contributed by atoms with Crippen LogP contribution in [0, 0.1) is 0 Å². The molecule has 3 aromatic rings. The van der Waals surface area contributed by atoms with Crippen molar-refractivity contribution in [1.82, 2.24) is 5.43 Å². The molecule has 0 saturated carbocycles. The first kappa shape index (κ1) is 27.5. The molecule has 0 atom stereocenters. The number of carbonyl (C=O) groups is 2. The van der Waals surface area contributed by atoms with E-state index in [0.717, 1.165) is 0 Å². The van der Waals surface area contributed by atoms with Gasteiger partial charge in [-0.05, 0) is 77.8 Å². The third kappa shape index (κ3) is 7.97. The monoisotopic (exact) mass is 569 g/mol. The molecule has 3 aromatic carbocycles. The van der Waals surface area contributed by atoms with E-state index in [1.807, 2.05) is 32.0 Å². The van der Waals surface area contributed by atoms with Crippen LogP contribution in [0.1, 0.15) is 29.8 Å². The molecule has 0 spiro atoms. The SMILES string of the molecule is CCOc1cc(C(=O)N/N=C/c2cc(Br)c(OCC(=O)Nc3ccccc3)c(OCC)c2)ccc1OC. The van der Waals surface area contributed by atoms with Crippen molar-refractivity contribution in [2.24, 2.45) is 5.10 Å². The molecule has 2 amide bonds. The van der Waals surface area contributed by atoms with Gasteiger partial charge in [-0.2, -0.15) is 5.10 Å². The molecule has 0 heterocycles. The van der Waals surface area contributed by atoms with Crippen molar-refractivity contribution in [2.45, 2.75) is 13.8 Å². The van der Waals surface area contributed by atoms with Crippen LogP contribution in [0.4, 0.5) is 5.69 Å². The molecule has 0 saturated heterocycles. The molecule has 194 valence electrons. The van der Waals surface area contributed by atoms with Gasteiger partial charge in [0.05, 0.1) is 31.0 Å². The Morgan fingerprint density at radius 1 is 0.919 bits per heavy atom. The minimum absolute atomic E-state index is 0.206. The Bertz CT molecular complexity index is 1250. The molecule has 9 nitrogen and oxygen atoms in total. The zero-order valence-electron chi connectivity index (χ0n) is 20.7. The number of halogens is 1. The second-order valence-corrected chi connectivity index (χ2v) is 8.32. The Morgan fingerprint density at radius 2 is 1.65 bits per heavy atom. The number of anilines is 1. The number of nitrogens with zero attached hydrogens (tertiary/aromatic N) is 1. The number of methoxy groups -OCH3 is 1. The number of para-hydroxylation sites is 1. The predicted octanol–water partition coefficient (Wildman–Crippen LogP) is 5.04. The third-order valence-corrected chi connectivity index (χ3v) is 5.43. The van der Waals surface area contributed by atoms with E-state index < -0.39 is 5.91 Å². The number of benzene rings is 3. The fourth-order valence-electron chi connectivity index (χ4n) is 3.24. The zero-order chi connectivity index (χ0) is 26.6. The summed E-state index contributed by atoms with van der Waals surface area (Å²) in [6.45, 7) is 4.31. The van der Waals surface area contributed by atoms with Crippen LogP contribution in [-0.4, -0.2) is 45.0 Å². The molecule has 0 aromatic heterocycles. The Hall–Kier alpha value is -4.05. The van der Waals surface area contributed by atoms with Crippen LogP contribution in [0.3, 0.4) is 0 Å². The van der Waals surface area contributed by atoms with E-state index in [1.165, 1.54) is 13.3 Å². The maximum Gasteiger partial charge on any atom is 0.271 e. The van der Waals surface area contributed by atoms with Gasteiger partial charge in [-0.3, -0.25) is 9.59 Å². The van der Waals surface area contributed by atoms with Gasteiger partial charge in [0.1, 0.15) is 0 Å². The van der Waals surface area contributed by atoms with Gasteiger partial charge in [-0.1, -0.05) is 18.2 Å². The number of hydrazone groups is 1. The molecular weight excluding hydrogens is 542 g/mol. The van der Waals surface area contributed by atoms with Crippen LogP contribution in [0.5, 0.6) is 23.0 Å². The summed E-state index contributed by atoms with van der Waals surface area (Å²) in [6, 6.07) is 17.4. The number of ether oxygens (including phenoxy) is 4. The van der Waals surface area contributed by atoms with Crippen LogP contribution < -0.4 is 29.7 Å². The molecule has 0 bridgehead atoms. The third-order valence-electron chi connectivity index (χ3n) is 4.84. The average molecular weight is 570 g/mol. The van der Waals surface area contributed by atoms with Crippen molar-refractivity contribution in [2.75, 3.05) is 32.2 Å². The van der Waals surface area contributed by atoms with Gasteiger partial charge in [0.15, 0.2) is 29.6 Å². The normalized spacial score (nSPS) is 10.6. The van der Waals surface area contributed by atoms with Gasteiger partial charge in [-0.15, -0.1) is 0 Å². The van der Waals surface area contributed by atoms with Crippen molar-refractivity contribution >= 4 is 39.6 Å². The number of carbonyl (C=O) groups excluding carboxylic acids is 2. The van der Waals surface area contributed by atoms with Crippen LogP contribution in [0.15, 0.2) is 70.2 Å². The highest BCUT2D eigenvalue weighted by Crippen LogP contribution is 2.36. The topological polar surface area (TPSA) is 107 Å². The standard InChI is InChI=1S/C27H28BrN3O6/c1-4-35-23-15-19(11-12-22(23)34-3)27(33)31-29-16-18-13-21(28)26(24(14-18)36-5-2)37-17-25(32)30-20-9-7-6-8-10-20/h6-16H,4-5,17H2,1-3H3,(H,30,32)(H,31,33)/b29-16+. The molecule has 0 radical (unpaired) electrons. The lowest BCUT2D eigenvalue weighted by Crippen LogP contribution is -2.20. The van der Waals surface area contributed by atoms with Crippen molar-refractivity contribution < 1.29 is 28.5 Å². The molecule has 2 N–H and O–H groups in total. The first-order chi connectivity index (χ1) is 17.9. The summed E-state index contributed by atoms with van der Waals surface area (Å²) in [5.41, 5.74) is 4.19. The smallest absolute Gasteiger partial charge is 0.271 e. The van der Waals surface area contributed by atoms with Gasteiger partial charge in [0, 0.05) is 11.3 Å². The highest BCUT2D eigenvalue weighted by molar-refractivity contribution is 9.10.